The fourth-order valence-corrected chi connectivity index (χ4v) is 0. The van der Waals surface area contributed by atoms with Gasteiger partial charge >= 0.3 is 0 Å². The van der Waals surface area contributed by atoms with Crippen LogP contribution in [0.5, 0.6) is 0 Å². The maximum Gasteiger partial charge on any atom is 0 e. The molecule has 0 saturated heterocycles. The molecule has 0 aliphatic carbocycles. The molecule has 0 atom stereocenters. The van der Waals surface area contributed by atoms with E-state index in [9.17, 15) is 0 Å². The summed E-state index contributed by atoms with van der Waals surface area (Å²) in [6, 6.07) is 0. The third-order valence-electron chi connectivity index (χ3n) is 0. The molecule has 0 saturated carbocycles. The van der Waals surface area contributed by atoms with Gasteiger partial charge in [-0.1, -0.05) is 0 Å². The predicted molar refractivity (Wildman–Crippen MR) is 59.6 cm³/mol. The minimum Gasteiger partial charge on any atom is -0.512 e. The minimum atomic E-state index is 0. The molecule has 26 heavy (non-hydrogen) atoms. The van der Waals surface area contributed by atoms with E-state index in [0.717, 1.165) is 0 Å². The van der Waals surface area contributed by atoms with Crippen molar-refractivity contribution in [3.8, 4) is 0 Å². The van der Waals surface area contributed by atoms with E-state index >= 15 is 0 Å². The average Bonchev–Trinajstić information content (AvgIpc) is 2.84. The Hall–Kier alpha value is -4.74. The van der Waals surface area contributed by atoms with Crippen LogP contribution in [0, 0.1) is 142 Å². The zero-order valence-electron chi connectivity index (χ0n) is 12.2. The molecule has 0 fully saturated rings. The van der Waals surface area contributed by atoms with E-state index in [4.69, 9.17) is 142 Å². The maximum absolute atomic E-state index is 6.25. The van der Waals surface area contributed by atoms with Crippen LogP contribution in [0.1, 0.15) is 0 Å². The second-order valence-corrected chi connectivity index (χ2v) is 0. The van der Waals surface area contributed by atoms with E-state index in [-0.39, 0.29) is 42.1 Å². The van der Waals surface area contributed by atoms with Crippen LogP contribution < -0.4 is 0 Å². The number of hydrogen-bond acceptors (Lipinski definition) is 12. The fourth-order valence-electron chi connectivity index (χ4n) is 0. The van der Waals surface area contributed by atoms with Gasteiger partial charge in [0.1, 0.15) is 0 Å². The van der Waals surface area contributed by atoms with Crippen LogP contribution in [0.25, 0.3) is 0 Å². The molecule has 0 spiro atoms. The number of hydrogen-bond donors (Lipinski definition) is 0. The summed E-state index contributed by atoms with van der Waals surface area (Å²) in [5, 5.41) is 75.0. The average molecular weight is 592 g/mol. The van der Waals surface area contributed by atoms with Crippen LogP contribution in [0.2, 0.25) is 0 Å². The molecule has 0 radical (unpaired) electrons. The van der Waals surface area contributed by atoms with Gasteiger partial charge in [-0.05, 0) is 0 Å². The van der Waals surface area contributed by atoms with Gasteiger partial charge in [-0.15, -0.1) is 0 Å². The van der Waals surface area contributed by atoms with Gasteiger partial charge in [0.2, 0.25) is 0 Å². The third-order valence-corrected chi connectivity index (χ3v) is 0. The van der Waals surface area contributed by atoms with E-state index in [1.54, 1.807) is 0 Å². The maximum atomic E-state index is 6.25. The molecule has 132 valence electrons. The summed E-state index contributed by atoms with van der Waals surface area (Å²) in [4.78, 5) is 0. The van der Waals surface area contributed by atoms with E-state index in [1.165, 1.54) is 0 Å². The number of rotatable bonds is 0. The molecule has 0 N–H and O–H groups in total. The van der Waals surface area contributed by atoms with Gasteiger partial charge in [0.15, 0.2) is 0 Å². The van der Waals surface area contributed by atoms with Crippen LogP contribution in [0.4, 0.5) is 0 Å². The summed E-state index contributed by atoms with van der Waals surface area (Å²) in [5.74, 6) is 0. The van der Waals surface area contributed by atoms with Gasteiger partial charge in [-0.25, -0.2) is 0 Å². The predicted octanol–water partition coefficient (Wildman–Crippen LogP) is 1.15. The van der Waals surface area contributed by atoms with Crippen LogP contribution >= 0.6 is 0 Å². The van der Waals surface area contributed by atoms with Gasteiger partial charge in [-0.3, -0.25) is 0 Å². The Morgan fingerprint density at radius 1 is 0.192 bits per heavy atom. The Balaban J connectivity index is -0.00000000500. The molecule has 0 amide bonds. The summed E-state index contributed by atoms with van der Waals surface area (Å²) < 4.78 is 0. The van der Waals surface area contributed by atoms with Crippen molar-refractivity contribution < 1.29 is 42.1 Å². The smallest absolute Gasteiger partial charge is 0 e. The molecular formula is C12MoN12W-12. The van der Waals surface area contributed by atoms with Crippen molar-refractivity contribution in [3.63, 3.8) is 0 Å². The van der Waals surface area contributed by atoms with Gasteiger partial charge in [0.25, 0.3) is 0 Å². The van der Waals surface area contributed by atoms with Crippen molar-refractivity contribution in [2.75, 3.05) is 0 Å². The first-order valence-electron chi connectivity index (χ1n) is 2.68. The summed E-state index contributed by atoms with van der Waals surface area (Å²) in [5.41, 5.74) is 0. The summed E-state index contributed by atoms with van der Waals surface area (Å²) in [7, 11) is 0. The quantitative estimate of drug-likeness (QED) is 0.283. The van der Waals surface area contributed by atoms with Crippen molar-refractivity contribution >= 4 is 0 Å². The molecule has 0 rings (SSSR count). The second kappa shape index (κ2) is 334. The van der Waals surface area contributed by atoms with Crippen molar-refractivity contribution in [2.45, 2.75) is 0 Å². The van der Waals surface area contributed by atoms with Crippen molar-refractivity contribution in [1.82, 2.24) is 0 Å². The molecule has 12 nitrogen and oxygen atoms in total. The van der Waals surface area contributed by atoms with E-state index in [1.807, 2.05) is 0 Å². The van der Waals surface area contributed by atoms with Crippen molar-refractivity contribution in [1.29, 1.82) is 63.1 Å². The molecule has 0 aromatic rings. The van der Waals surface area contributed by atoms with Crippen molar-refractivity contribution in [3.05, 3.63) is 78.9 Å². The van der Waals surface area contributed by atoms with E-state index in [2.05, 4.69) is 0 Å². The summed E-state index contributed by atoms with van der Waals surface area (Å²) in [6.45, 7) is 57.0. The third kappa shape index (κ3) is 285. The molecular weight excluding hydrogens is 592 g/mol. The second-order valence-electron chi connectivity index (χ2n) is 0. The zero-order valence-corrected chi connectivity index (χ0v) is 17.1. The van der Waals surface area contributed by atoms with Gasteiger partial charge in [0.05, 0.1) is 0 Å². The van der Waals surface area contributed by atoms with Gasteiger partial charge in [-0.2, -0.15) is 0 Å². The van der Waals surface area contributed by atoms with Gasteiger partial charge < -0.3 is 142 Å². The van der Waals surface area contributed by atoms with E-state index < -0.39 is 0 Å². The van der Waals surface area contributed by atoms with Crippen LogP contribution in [0.3, 0.4) is 0 Å². The Morgan fingerprint density at radius 2 is 0.192 bits per heavy atom. The SMILES string of the molecule is [C-]#N.[C-]#N.[C-]#N.[C-]#N.[C-]#N.[C-]#N.[C-]#N.[C-]#N.[C-]#N.[C-]#N.[C-]#N.[C-]#N.[Mo].[W]. The Bertz CT molecular complexity index is 222. The van der Waals surface area contributed by atoms with Crippen molar-refractivity contribution in [2.24, 2.45) is 0 Å². The summed E-state index contributed by atoms with van der Waals surface area (Å²) in [6.07, 6.45) is 0. The molecule has 0 aromatic carbocycles. The molecule has 0 aliphatic rings. The van der Waals surface area contributed by atoms with E-state index in [0.29, 0.717) is 0 Å². The standard InChI is InChI=1S/12CN.Mo.W/c12*1-2;;/q12*-1;;. The normalized spacial score (nSPS) is 0.923. The van der Waals surface area contributed by atoms with Gasteiger partial charge in [0, 0.05) is 42.1 Å². The molecule has 0 bridgehead atoms. The molecule has 0 unspecified atom stereocenters. The molecule has 14 heteroatoms. The zero-order chi connectivity index (χ0) is 24.0. The first kappa shape index (κ1) is 166. The Labute approximate surface area is 183 Å². The minimum absolute atomic E-state index is 0. The Morgan fingerprint density at radius 3 is 0.192 bits per heavy atom. The van der Waals surface area contributed by atoms with Crippen LogP contribution in [-0.2, 0) is 42.1 Å². The van der Waals surface area contributed by atoms with Crippen LogP contribution in [-0.4, -0.2) is 0 Å². The number of nitrogens with zero attached hydrogens (tertiary/aromatic N) is 12. The topological polar surface area (TPSA) is 285 Å². The first-order valence-corrected chi connectivity index (χ1v) is 2.68. The molecule has 0 heterocycles. The first-order chi connectivity index (χ1) is 12.0. The summed E-state index contributed by atoms with van der Waals surface area (Å²) >= 11 is 0. The molecule has 0 aromatic heterocycles. The molecule has 0 aliphatic heterocycles. The monoisotopic (exact) mass is 594 g/mol. The largest absolute Gasteiger partial charge is 0.512 e. The fraction of sp³-hybridized carbons (Fsp3) is 0. The Kier molecular flexibility index (Phi) is 2130. The van der Waals surface area contributed by atoms with Crippen LogP contribution in [0.15, 0.2) is 0 Å².